The van der Waals surface area contributed by atoms with Crippen LogP contribution >= 0.6 is 0 Å². The SMILES string of the molecule is Cc1cccc([Si]2(c3ccccc3)c3ccccc3-c3cc4c(ccc5ccccc54)cc32)c1. The molecule has 1 heterocycles. The van der Waals surface area contributed by atoms with E-state index in [-0.39, 0.29) is 0 Å². The van der Waals surface area contributed by atoms with Crippen LogP contribution in [0.2, 0.25) is 0 Å². The lowest BCUT2D eigenvalue weighted by Gasteiger charge is -2.31. The van der Waals surface area contributed by atoms with Gasteiger partial charge < -0.3 is 0 Å². The predicted octanol–water partition coefficient (Wildman–Crippen LogP) is 5.66. The Morgan fingerprint density at radius 2 is 1.18 bits per heavy atom. The van der Waals surface area contributed by atoms with Crippen molar-refractivity contribution in [2.45, 2.75) is 6.92 Å². The Labute approximate surface area is 201 Å². The molecule has 7 rings (SSSR count). The predicted molar refractivity (Wildman–Crippen MR) is 149 cm³/mol. The maximum Gasteiger partial charge on any atom is 0.180 e. The molecule has 6 aromatic carbocycles. The smallest absolute Gasteiger partial charge is 0.0623 e. The van der Waals surface area contributed by atoms with E-state index in [0.717, 1.165) is 0 Å². The van der Waals surface area contributed by atoms with Gasteiger partial charge in [-0.3, -0.25) is 0 Å². The van der Waals surface area contributed by atoms with Crippen molar-refractivity contribution in [1.29, 1.82) is 0 Å². The molecule has 0 fully saturated rings. The molecule has 34 heavy (non-hydrogen) atoms. The van der Waals surface area contributed by atoms with Crippen LogP contribution < -0.4 is 20.7 Å². The van der Waals surface area contributed by atoms with Crippen LogP contribution in [-0.4, -0.2) is 8.07 Å². The Morgan fingerprint density at radius 3 is 2.06 bits per heavy atom. The van der Waals surface area contributed by atoms with E-state index in [4.69, 9.17) is 0 Å². The van der Waals surface area contributed by atoms with E-state index in [1.165, 1.54) is 59.0 Å². The minimum atomic E-state index is -2.44. The van der Waals surface area contributed by atoms with Gasteiger partial charge in [0.05, 0.1) is 0 Å². The zero-order valence-electron chi connectivity index (χ0n) is 19.1. The molecule has 0 saturated carbocycles. The molecule has 0 aromatic heterocycles. The number of hydrogen-bond donors (Lipinski definition) is 0. The van der Waals surface area contributed by atoms with Crippen molar-refractivity contribution in [1.82, 2.24) is 0 Å². The van der Waals surface area contributed by atoms with E-state index in [2.05, 4.69) is 134 Å². The van der Waals surface area contributed by atoms with Crippen LogP contribution in [0, 0.1) is 6.92 Å². The highest BCUT2D eigenvalue weighted by atomic mass is 28.3. The first-order valence-corrected chi connectivity index (χ1v) is 14.0. The molecule has 0 radical (unpaired) electrons. The van der Waals surface area contributed by atoms with Crippen molar-refractivity contribution in [2.75, 3.05) is 0 Å². The Balaban J connectivity index is 1.68. The molecule has 1 aliphatic rings. The van der Waals surface area contributed by atoms with Gasteiger partial charge in [-0.05, 0) is 66.4 Å². The second kappa shape index (κ2) is 7.28. The third-order valence-electron chi connectivity index (χ3n) is 7.57. The average Bonchev–Trinajstić information content (AvgIpc) is 3.18. The molecule has 1 heteroatoms. The van der Waals surface area contributed by atoms with E-state index in [9.17, 15) is 0 Å². The van der Waals surface area contributed by atoms with Gasteiger partial charge in [0, 0.05) is 0 Å². The molecule has 1 aliphatic heterocycles. The van der Waals surface area contributed by atoms with Gasteiger partial charge in [0.25, 0.3) is 0 Å². The summed E-state index contributed by atoms with van der Waals surface area (Å²) in [6.45, 7) is 2.21. The van der Waals surface area contributed by atoms with Gasteiger partial charge in [-0.25, -0.2) is 0 Å². The quantitative estimate of drug-likeness (QED) is 0.236. The molecular weight excluding hydrogens is 424 g/mol. The number of benzene rings is 6. The van der Waals surface area contributed by atoms with Gasteiger partial charge in [-0.1, -0.05) is 127 Å². The maximum absolute atomic E-state index is 2.51. The summed E-state index contributed by atoms with van der Waals surface area (Å²) in [7, 11) is -2.44. The molecule has 0 spiro atoms. The summed E-state index contributed by atoms with van der Waals surface area (Å²) in [5.41, 5.74) is 4.11. The Kier molecular flexibility index (Phi) is 4.18. The summed E-state index contributed by atoms with van der Waals surface area (Å²) >= 11 is 0. The van der Waals surface area contributed by atoms with Gasteiger partial charge in [-0.2, -0.15) is 0 Å². The third-order valence-corrected chi connectivity index (χ3v) is 12.4. The molecule has 1 atom stereocenters. The fourth-order valence-corrected chi connectivity index (χ4v) is 11.4. The third kappa shape index (κ3) is 2.59. The van der Waals surface area contributed by atoms with Gasteiger partial charge in [0.15, 0.2) is 8.07 Å². The highest BCUT2D eigenvalue weighted by Crippen LogP contribution is 2.34. The van der Waals surface area contributed by atoms with Crippen LogP contribution in [0.3, 0.4) is 0 Å². The van der Waals surface area contributed by atoms with Crippen LogP contribution in [-0.2, 0) is 0 Å². The summed E-state index contributed by atoms with van der Waals surface area (Å²) < 4.78 is 0. The number of fused-ring (bicyclic) bond motifs is 6. The minimum Gasteiger partial charge on any atom is -0.0623 e. The first-order chi connectivity index (χ1) is 16.8. The molecule has 0 nitrogen and oxygen atoms in total. The van der Waals surface area contributed by atoms with E-state index >= 15 is 0 Å². The molecule has 0 N–H and O–H groups in total. The molecule has 0 saturated heterocycles. The van der Waals surface area contributed by atoms with Crippen molar-refractivity contribution in [2.24, 2.45) is 0 Å². The van der Waals surface area contributed by atoms with Gasteiger partial charge >= 0.3 is 0 Å². The van der Waals surface area contributed by atoms with E-state index in [1.807, 2.05) is 0 Å². The molecule has 6 aromatic rings. The zero-order chi connectivity index (χ0) is 22.7. The lowest BCUT2D eigenvalue weighted by Crippen LogP contribution is -2.72. The van der Waals surface area contributed by atoms with E-state index in [0.29, 0.717) is 0 Å². The first-order valence-electron chi connectivity index (χ1n) is 12.0. The Hall–Kier alpha value is -3.94. The van der Waals surface area contributed by atoms with E-state index < -0.39 is 8.07 Å². The normalized spacial score (nSPS) is 16.5. The first kappa shape index (κ1) is 19.5. The highest BCUT2D eigenvalue weighted by Gasteiger charge is 2.48. The highest BCUT2D eigenvalue weighted by molar-refractivity contribution is 7.22. The summed E-state index contributed by atoms with van der Waals surface area (Å²) in [6, 6.07) is 47.9. The summed E-state index contributed by atoms with van der Waals surface area (Å²) in [5, 5.41) is 11.2. The zero-order valence-corrected chi connectivity index (χ0v) is 20.1. The van der Waals surface area contributed by atoms with Gasteiger partial charge in [0.2, 0.25) is 0 Å². The summed E-state index contributed by atoms with van der Waals surface area (Å²) in [4.78, 5) is 0. The average molecular weight is 449 g/mol. The van der Waals surface area contributed by atoms with Gasteiger partial charge in [0.1, 0.15) is 0 Å². The van der Waals surface area contributed by atoms with Crippen molar-refractivity contribution in [3.05, 3.63) is 133 Å². The van der Waals surface area contributed by atoms with Crippen LogP contribution in [0.25, 0.3) is 32.7 Å². The standard InChI is InChI=1S/C33H24Si/c1-23-10-9-14-27(20-23)34(26-12-3-2-4-13-26)32-17-8-7-16-29(32)31-22-30-25(21-33(31)34)19-18-24-11-5-6-15-28(24)30/h2-22H,1H3. The van der Waals surface area contributed by atoms with Crippen molar-refractivity contribution in [3.63, 3.8) is 0 Å². The fraction of sp³-hybridized carbons (Fsp3) is 0.0303. The van der Waals surface area contributed by atoms with Gasteiger partial charge in [-0.15, -0.1) is 0 Å². The van der Waals surface area contributed by atoms with Crippen LogP contribution in [0.15, 0.2) is 127 Å². The molecule has 0 amide bonds. The minimum absolute atomic E-state index is 1.30. The summed E-state index contributed by atoms with van der Waals surface area (Å²) in [6.07, 6.45) is 0. The monoisotopic (exact) mass is 448 g/mol. The second-order valence-corrected chi connectivity index (χ2v) is 13.2. The fourth-order valence-electron chi connectivity index (χ4n) is 6.13. The number of rotatable bonds is 2. The van der Waals surface area contributed by atoms with Crippen LogP contribution in [0.4, 0.5) is 0 Å². The molecule has 1 unspecified atom stereocenters. The molecular formula is C33H24Si. The Morgan fingerprint density at radius 1 is 0.441 bits per heavy atom. The summed E-state index contributed by atoms with van der Waals surface area (Å²) in [5.74, 6) is 0. The van der Waals surface area contributed by atoms with Crippen LogP contribution in [0.1, 0.15) is 5.56 Å². The Bertz CT molecular complexity index is 1710. The lowest BCUT2D eigenvalue weighted by molar-refractivity contribution is 1.49. The lowest BCUT2D eigenvalue weighted by atomic mass is 9.97. The molecule has 160 valence electrons. The molecule has 0 bridgehead atoms. The van der Waals surface area contributed by atoms with Crippen LogP contribution in [0.5, 0.6) is 0 Å². The van der Waals surface area contributed by atoms with Crippen molar-refractivity contribution < 1.29 is 0 Å². The second-order valence-electron chi connectivity index (χ2n) is 9.44. The maximum atomic E-state index is 2.51. The van der Waals surface area contributed by atoms with Crippen molar-refractivity contribution >= 4 is 50.4 Å². The molecule has 0 aliphatic carbocycles. The number of aryl methyl sites for hydroxylation is 1. The van der Waals surface area contributed by atoms with Crippen molar-refractivity contribution in [3.8, 4) is 11.1 Å². The largest absolute Gasteiger partial charge is 0.180 e. The van der Waals surface area contributed by atoms with E-state index in [1.54, 1.807) is 0 Å². The number of hydrogen-bond acceptors (Lipinski definition) is 0. The topological polar surface area (TPSA) is 0 Å².